The molecule has 28 heavy (non-hydrogen) atoms. The van der Waals surface area contributed by atoms with Crippen molar-refractivity contribution in [3.05, 3.63) is 51.7 Å². The zero-order valence-electron chi connectivity index (χ0n) is 17.0. The number of carbonyl (C=O) groups excluding carboxylic acids is 1. The molecule has 0 N–H and O–H groups in total. The highest BCUT2D eigenvalue weighted by atomic mass is 32.1. The highest BCUT2D eigenvalue weighted by Crippen LogP contribution is 2.22. The molecule has 0 atom stereocenters. The minimum atomic E-state index is -0.141. The summed E-state index contributed by atoms with van der Waals surface area (Å²) in [5.41, 5.74) is 0.848. The summed E-state index contributed by atoms with van der Waals surface area (Å²) >= 11 is 1.59. The molecule has 150 valence electrons. The van der Waals surface area contributed by atoms with Crippen molar-refractivity contribution >= 4 is 23.0 Å². The molecule has 0 aliphatic carbocycles. The Balaban J connectivity index is 1.30. The number of rotatable bonds is 10. The van der Waals surface area contributed by atoms with Gasteiger partial charge >= 0.3 is 0 Å². The fraction of sp³-hybridized carbons (Fsp3) is 0.478. The van der Waals surface area contributed by atoms with E-state index in [1.807, 2.05) is 43.3 Å². The summed E-state index contributed by atoms with van der Waals surface area (Å²) in [5, 5.41) is 0. The van der Waals surface area contributed by atoms with Gasteiger partial charge in [-0.15, -0.1) is 11.3 Å². The van der Waals surface area contributed by atoms with E-state index in [4.69, 9.17) is 9.47 Å². The van der Waals surface area contributed by atoms with Crippen LogP contribution in [0.1, 0.15) is 66.1 Å². The van der Waals surface area contributed by atoms with Crippen LogP contribution >= 0.6 is 11.3 Å². The summed E-state index contributed by atoms with van der Waals surface area (Å²) in [6.07, 6.45) is 4.73. The zero-order valence-corrected chi connectivity index (χ0v) is 17.8. The Morgan fingerprint density at radius 3 is 2.50 bits per heavy atom. The maximum atomic E-state index is 12.1. The van der Waals surface area contributed by atoms with Crippen molar-refractivity contribution in [1.29, 1.82) is 0 Å². The highest BCUT2D eigenvalue weighted by molar-refractivity contribution is 7.14. The second kappa shape index (κ2) is 9.37. The molecule has 1 aromatic carbocycles. The summed E-state index contributed by atoms with van der Waals surface area (Å²) in [6.45, 7) is 7.49. The number of ketones is 1. The molecule has 0 radical (unpaired) electrons. The molecule has 3 rings (SSSR count). The molecule has 5 heteroatoms. The van der Waals surface area contributed by atoms with Gasteiger partial charge in [0.25, 0.3) is 0 Å². The Labute approximate surface area is 171 Å². The van der Waals surface area contributed by atoms with Crippen molar-refractivity contribution in [1.82, 2.24) is 0 Å². The largest absolute Gasteiger partial charge is 0.494 e. The van der Waals surface area contributed by atoms with Crippen LogP contribution < -0.4 is 4.74 Å². The molecule has 0 bridgehead atoms. The number of hydrogen-bond donors (Lipinski definition) is 0. The Bertz CT molecular complexity index is 821. The highest BCUT2D eigenvalue weighted by Gasteiger charge is 2.26. The van der Waals surface area contributed by atoms with E-state index in [1.165, 1.54) is 4.88 Å². The average molecular weight is 400 g/mol. The van der Waals surface area contributed by atoms with E-state index in [-0.39, 0.29) is 11.3 Å². The van der Waals surface area contributed by atoms with Crippen LogP contribution in [0, 0.1) is 6.92 Å². The van der Waals surface area contributed by atoms with Gasteiger partial charge in [-0.3, -0.25) is 4.79 Å². The molecule has 0 amide bonds. The van der Waals surface area contributed by atoms with Gasteiger partial charge in [-0.2, -0.15) is 0 Å². The number of ether oxygens (including phenoxy) is 2. The van der Waals surface area contributed by atoms with E-state index >= 15 is 0 Å². The second-order valence-corrected chi connectivity index (χ2v) is 9.18. The van der Waals surface area contributed by atoms with Gasteiger partial charge in [-0.05, 0) is 70.0 Å². The van der Waals surface area contributed by atoms with Crippen molar-refractivity contribution in [2.75, 3.05) is 13.2 Å². The molecule has 2 heterocycles. The predicted octanol–water partition coefficient (Wildman–Crippen LogP) is 5.82. The maximum Gasteiger partial charge on any atom is 0.216 e. The normalized spacial score (nSPS) is 15.2. The van der Waals surface area contributed by atoms with Crippen molar-refractivity contribution in [3.63, 3.8) is 0 Å². The Hall–Kier alpha value is -2.14. The van der Waals surface area contributed by atoms with Crippen LogP contribution in [0.4, 0.5) is 0 Å². The van der Waals surface area contributed by atoms with E-state index in [2.05, 4.69) is 18.8 Å². The van der Waals surface area contributed by atoms with E-state index in [0.717, 1.165) is 41.9 Å². The average Bonchev–Trinajstić information content (AvgIpc) is 3.26. The molecule has 4 nitrogen and oxygen atoms in total. The SMILES string of the molecule is Cc1ccc(C(=O)CCCCCCOc2ccc(C3=NC(C)(C)CO3)cc2)s1. The number of hydrogen-bond acceptors (Lipinski definition) is 5. The van der Waals surface area contributed by atoms with Crippen molar-refractivity contribution in [3.8, 4) is 5.75 Å². The van der Waals surface area contributed by atoms with Crippen LogP contribution in [0.5, 0.6) is 5.75 Å². The first kappa shape index (κ1) is 20.6. The van der Waals surface area contributed by atoms with Crippen molar-refractivity contribution < 1.29 is 14.3 Å². The van der Waals surface area contributed by atoms with Gasteiger partial charge in [0.2, 0.25) is 5.90 Å². The third kappa shape index (κ3) is 5.93. The Morgan fingerprint density at radius 1 is 1.11 bits per heavy atom. The van der Waals surface area contributed by atoms with E-state index in [1.54, 1.807) is 11.3 Å². The number of benzene rings is 1. The lowest BCUT2D eigenvalue weighted by Crippen LogP contribution is -2.17. The number of Topliss-reactive ketones (excluding diaryl/α,β-unsaturated/α-hetero) is 1. The summed E-state index contributed by atoms with van der Waals surface area (Å²) in [4.78, 5) is 18.7. The zero-order chi connectivity index (χ0) is 20.0. The lowest BCUT2D eigenvalue weighted by atomic mass is 10.1. The quantitative estimate of drug-likeness (QED) is 0.373. The van der Waals surface area contributed by atoms with Gasteiger partial charge in [0, 0.05) is 16.9 Å². The van der Waals surface area contributed by atoms with Gasteiger partial charge in [0.1, 0.15) is 12.4 Å². The molecule has 0 unspecified atom stereocenters. The van der Waals surface area contributed by atoms with Gasteiger partial charge in [-0.1, -0.05) is 12.8 Å². The van der Waals surface area contributed by atoms with Gasteiger partial charge in [0.05, 0.1) is 17.0 Å². The van der Waals surface area contributed by atoms with Crippen LogP contribution in [0.2, 0.25) is 0 Å². The molecule has 2 aromatic rings. The minimum absolute atomic E-state index is 0.141. The Morgan fingerprint density at radius 2 is 1.86 bits per heavy atom. The number of aliphatic imine (C=N–C) groups is 1. The summed E-state index contributed by atoms with van der Waals surface area (Å²) < 4.78 is 11.5. The minimum Gasteiger partial charge on any atom is -0.494 e. The standard InChI is InChI=1S/C23H29NO3S/c1-17-9-14-21(28-17)20(25)8-6-4-5-7-15-26-19-12-10-18(11-13-19)22-24-23(2,3)16-27-22/h9-14H,4-8,15-16H2,1-3H3. The van der Waals surface area contributed by atoms with Crippen molar-refractivity contribution in [2.45, 2.75) is 58.4 Å². The summed E-state index contributed by atoms with van der Waals surface area (Å²) in [5.74, 6) is 1.85. The predicted molar refractivity (Wildman–Crippen MR) is 115 cm³/mol. The molecule has 1 aliphatic rings. The smallest absolute Gasteiger partial charge is 0.216 e. The van der Waals surface area contributed by atoms with Crippen LogP contribution in [0.25, 0.3) is 0 Å². The number of unbranched alkanes of at least 4 members (excludes halogenated alkanes) is 3. The third-order valence-electron chi connectivity index (χ3n) is 4.65. The lowest BCUT2D eigenvalue weighted by molar-refractivity contribution is 0.0983. The molecule has 0 saturated heterocycles. The summed E-state index contributed by atoms with van der Waals surface area (Å²) in [6, 6.07) is 11.9. The van der Waals surface area contributed by atoms with E-state index < -0.39 is 0 Å². The maximum absolute atomic E-state index is 12.1. The molecule has 0 spiro atoms. The number of thiophene rings is 1. The van der Waals surface area contributed by atoms with Gasteiger partial charge in [-0.25, -0.2) is 4.99 Å². The molecule has 1 aromatic heterocycles. The summed E-state index contributed by atoms with van der Waals surface area (Å²) in [7, 11) is 0. The fourth-order valence-corrected chi connectivity index (χ4v) is 3.90. The molecular formula is C23H29NO3S. The van der Waals surface area contributed by atoms with Crippen LogP contribution in [-0.2, 0) is 4.74 Å². The molecule has 0 saturated carbocycles. The van der Waals surface area contributed by atoms with E-state index in [9.17, 15) is 4.79 Å². The number of carbonyl (C=O) groups is 1. The third-order valence-corrected chi connectivity index (χ3v) is 5.69. The molecule has 1 aliphatic heterocycles. The van der Waals surface area contributed by atoms with E-state index in [0.29, 0.717) is 25.5 Å². The first-order chi connectivity index (χ1) is 13.4. The van der Waals surface area contributed by atoms with Crippen molar-refractivity contribution in [2.24, 2.45) is 4.99 Å². The number of nitrogens with zero attached hydrogens (tertiary/aromatic N) is 1. The number of aryl methyl sites for hydroxylation is 1. The monoisotopic (exact) mass is 399 g/mol. The van der Waals surface area contributed by atoms with Gasteiger partial charge < -0.3 is 9.47 Å². The fourth-order valence-electron chi connectivity index (χ4n) is 3.06. The van der Waals surface area contributed by atoms with Crippen LogP contribution in [0.15, 0.2) is 41.4 Å². The van der Waals surface area contributed by atoms with Crippen LogP contribution in [-0.4, -0.2) is 30.4 Å². The van der Waals surface area contributed by atoms with Crippen LogP contribution in [0.3, 0.4) is 0 Å². The topological polar surface area (TPSA) is 47.9 Å². The second-order valence-electron chi connectivity index (χ2n) is 7.89. The van der Waals surface area contributed by atoms with Gasteiger partial charge in [0.15, 0.2) is 5.78 Å². The lowest BCUT2D eigenvalue weighted by Gasteiger charge is -2.07. The molecular weight excluding hydrogens is 370 g/mol. The molecule has 0 fully saturated rings. The first-order valence-electron chi connectivity index (χ1n) is 9.98. The Kier molecular flexibility index (Phi) is 6.89. The first-order valence-corrected chi connectivity index (χ1v) is 10.8.